The topological polar surface area (TPSA) is 40.5 Å². The van der Waals surface area contributed by atoms with E-state index in [2.05, 4.69) is 59.4 Å². The number of aliphatic hydroxyl groups is 2. The van der Waals surface area contributed by atoms with Crippen LogP contribution in [0.4, 0.5) is 0 Å². The zero-order valence-electron chi connectivity index (χ0n) is 19.4. The average molecular weight is 379 g/mol. The summed E-state index contributed by atoms with van der Waals surface area (Å²) in [6, 6.07) is 0. The van der Waals surface area contributed by atoms with Crippen molar-refractivity contribution in [3.63, 3.8) is 0 Å². The molecule has 0 spiro atoms. The fourth-order valence-corrected chi connectivity index (χ4v) is 0.191. The maximum Gasteiger partial charge on any atom is 0.0769 e. The highest BCUT2D eigenvalue weighted by Crippen LogP contribution is 1.98. The smallest absolute Gasteiger partial charge is 0.0769 e. The highest BCUT2D eigenvalue weighted by Gasteiger charge is 2.02. The van der Waals surface area contributed by atoms with Gasteiger partial charge < -0.3 is 10.2 Å². The van der Waals surface area contributed by atoms with E-state index in [0.717, 1.165) is 23.1 Å². The minimum absolute atomic E-state index is 0.231. The Morgan fingerprint density at radius 2 is 1.07 bits per heavy atom. The first kappa shape index (κ1) is 36.1. The van der Waals surface area contributed by atoms with Gasteiger partial charge in [-0.05, 0) is 61.8 Å². The predicted octanol–water partition coefficient (Wildman–Crippen LogP) is 7.36. The molecule has 0 aliphatic carbocycles. The maximum atomic E-state index is 8.71. The Hall–Kier alpha value is -1.90. The second kappa shape index (κ2) is 26.3. The predicted molar refractivity (Wildman–Crippen MR) is 128 cm³/mol. The van der Waals surface area contributed by atoms with Crippen molar-refractivity contribution >= 4 is 0 Å². The summed E-state index contributed by atoms with van der Waals surface area (Å²) in [5, 5.41) is 16.9. The molecule has 0 fully saturated rings. The van der Waals surface area contributed by atoms with Crippen LogP contribution in [0.25, 0.3) is 0 Å². The van der Waals surface area contributed by atoms with Crippen molar-refractivity contribution in [3.8, 4) is 0 Å². The summed E-state index contributed by atoms with van der Waals surface area (Å²) in [6.07, 6.45) is 7.76. The van der Waals surface area contributed by atoms with E-state index >= 15 is 0 Å². The number of hydrogen-bond acceptors (Lipinski definition) is 2. The summed E-state index contributed by atoms with van der Waals surface area (Å²) < 4.78 is 0. The second-order valence-corrected chi connectivity index (χ2v) is 6.76. The number of rotatable bonds is 5. The van der Waals surface area contributed by atoms with Gasteiger partial charge in [0.25, 0.3) is 0 Å². The molecule has 2 nitrogen and oxygen atoms in total. The molecule has 0 saturated carbocycles. The standard InChI is InChI=1S/2C5H10O.C5H10.2C5H8/c1-5(2)3-4-6;1-4-5(2,3)6;3*1-4-5(2)3/h6H,1,3-4H2,2H3;4,6H,1H2,2-3H3;4H,1-3H3;2*4H,1-2H2,3H3. The molecule has 0 amide bonds. The van der Waals surface area contributed by atoms with Gasteiger partial charge in [-0.3, -0.25) is 0 Å². The van der Waals surface area contributed by atoms with Crippen molar-refractivity contribution in [1.82, 2.24) is 0 Å². The molecule has 0 radical (unpaired) electrons. The molecule has 0 rings (SSSR count). The van der Waals surface area contributed by atoms with E-state index in [-0.39, 0.29) is 6.61 Å². The minimum Gasteiger partial charge on any atom is -0.396 e. The molecular formula is C25H46O2. The van der Waals surface area contributed by atoms with Crippen LogP contribution in [0.3, 0.4) is 0 Å². The molecule has 27 heavy (non-hydrogen) atoms. The summed E-state index contributed by atoms with van der Waals surface area (Å²) in [6.45, 7) is 36.5. The quantitative estimate of drug-likeness (QED) is 0.387. The second-order valence-electron chi connectivity index (χ2n) is 6.76. The first-order valence-corrected chi connectivity index (χ1v) is 8.91. The third-order valence-electron chi connectivity index (χ3n) is 2.31. The lowest BCUT2D eigenvalue weighted by molar-refractivity contribution is 0.133. The lowest BCUT2D eigenvalue weighted by atomic mass is 10.1. The van der Waals surface area contributed by atoms with E-state index in [1.807, 2.05) is 27.7 Å². The molecule has 0 aliphatic heterocycles. The average Bonchev–Trinajstić information content (AvgIpc) is 2.56. The summed E-state index contributed by atoms with van der Waals surface area (Å²) in [4.78, 5) is 0. The van der Waals surface area contributed by atoms with E-state index in [0.29, 0.717) is 0 Å². The van der Waals surface area contributed by atoms with E-state index in [1.54, 1.807) is 26.0 Å². The Morgan fingerprint density at radius 1 is 0.852 bits per heavy atom. The van der Waals surface area contributed by atoms with E-state index in [4.69, 9.17) is 10.2 Å². The zero-order valence-corrected chi connectivity index (χ0v) is 19.4. The van der Waals surface area contributed by atoms with Crippen molar-refractivity contribution in [3.05, 3.63) is 86.1 Å². The van der Waals surface area contributed by atoms with Crippen LogP contribution in [0.15, 0.2) is 86.1 Å². The Balaban J connectivity index is -0.0000000749. The van der Waals surface area contributed by atoms with Gasteiger partial charge in [0.15, 0.2) is 0 Å². The third kappa shape index (κ3) is 115. The summed E-state index contributed by atoms with van der Waals surface area (Å²) >= 11 is 0. The first-order chi connectivity index (χ1) is 12.1. The van der Waals surface area contributed by atoms with Crippen LogP contribution in [-0.2, 0) is 0 Å². The summed E-state index contributed by atoms with van der Waals surface area (Å²) in [7, 11) is 0. The largest absolute Gasteiger partial charge is 0.396 e. The maximum absolute atomic E-state index is 8.71. The lowest BCUT2D eigenvalue weighted by Gasteiger charge is -2.07. The number of allylic oxidation sites excluding steroid dienone is 6. The van der Waals surface area contributed by atoms with Crippen molar-refractivity contribution in [2.24, 2.45) is 0 Å². The van der Waals surface area contributed by atoms with Gasteiger partial charge in [-0.2, -0.15) is 0 Å². The van der Waals surface area contributed by atoms with Crippen LogP contribution >= 0.6 is 0 Å². The number of hydrogen-bond donors (Lipinski definition) is 2. The van der Waals surface area contributed by atoms with Gasteiger partial charge in [0.2, 0.25) is 0 Å². The molecule has 0 aromatic carbocycles. The highest BCUT2D eigenvalue weighted by atomic mass is 16.3. The highest BCUT2D eigenvalue weighted by molar-refractivity contribution is 5.06. The van der Waals surface area contributed by atoms with Crippen LogP contribution in [0, 0.1) is 0 Å². The molecule has 0 atom stereocenters. The fourth-order valence-electron chi connectivity index (χ4n) is 0.191. The van der Waals surface area contributed by atoms with Crippen molar-refractivity contribution in [2.75, 3.05) is 6.61 Å². The monoisotopic (exact) mass is 378 g/mol. The van der Waals surface area contributed by atoms with Crippen molar-refractivity contribution in [2.45, 2.75) is 67.4 Å². The number of aliphatic hydroxyl groups excluding tert-OH is 1. The van der Waals surface area contributed by atoms with Gasteiger partial charge in [0, 0.05) is 6.61 Å². The summed E-state index contributed by atoms with van der Waals surface area (Å²) in [5.41, 5.74) is 3.76. The Kier molecular flexibility index (Phi) is 35.2. The van der Waals surface area contributed by atoms with Gasteiger partial charge in [-0.1, -0.05) is 72.9 Å². The van der Waals surface area contributed by atoms with Crippen LogP contribution < -0.4 is 0 Å². The van der Waals surface area contributed by atoms with Gasteiger partial charge in [0.1, 0.15) is 0 Å². The Labute approximate surface area is 170 Å². The molecule has 0 saturated heterocycles. The fraction of sp³-hybridized carbons (Fsp3) is 0.440. The Morgan fingerprint density at radius 3 is 1.07 bits per heavy atom. The van der Waals surface area contributed by atoms with E-state index in [9.17, 15) is 0 Å². The van der Waals surface area contributed by atoms with Gasteiger partial charge >= 0.3 is 0 Å². The van der Waals surface area contributed by atoms with Crippen molar-refractivity contribution in [1.29, 1.82) is 0 Å². The van der Waals surface area contributed by atoms with Crippen LogP contribution in [-0.4, -0.2) is 22.4 Å². The van der Waals surface area contributed by atoms with Crippen LogP contribution in [0.2, 0.25) is 0 Å². The van der Waals surface area contributed by atoms with Gasteiger partial charge in [-0.15, -0.1) is 13.2 Å². The summed E-state index contributed by atoms with van der Waals surface area (Å²) in [5.74, 6) is 0. The molecule has 0 aromatic heterocycles. The molecule has 0 heterocycles. The van der Waals surface area contributed by atoms with Crippen LogP contribution in [0.1, 0.15) is 61.8 Å². The molecule has 2 N–H and O–H groups in total. The molecule has 158 valence electrons. The molecule has 2 heteroatoms. The lowest BCUT2D eigenvalue weighted by Crippen LogP contribution is -2.12. The molecule has 0 aromatic rings. The van der Waals surface area contributed by atoms with Gasteiger partial charge in [-0.25, -0.2) is 0 Å². The molecule has 0 bridgehead atoms. The van der Waals surface area contributed by atoms with Gasteiger partial charge in [0.05, 0.1) is 5.60 Å². The zero-order chi connectivity index (χ0) is 23.1. The van der Waals surface area contributed by atoms with E-state index in [1.165, 1.54) is 11.6 Å². The Bertz CT molecular complexity index is 421. The molecular weight excluding hydrogens is 332 g/mol. The SMILES string of the molecule is C=C(C)CCO.C=CC(=C)C.C=CC(=C)C.C=CC(C)(C)O.CC=C(C)C. The van der Waals surface area contributed by atoms with Crippen LogP contribution in [0.5, 0.6) is 0 Å². The molecule has 0 aliphatic rings. The minimum atomic E-state index is -0.694. The normalized spacial score (nSPS) is 8.07. The molecule has 0 unspecified atom stereocenters. The van der Waals surface area contributed by atoms with Crippen molar-refractivity contribution < 1.29 is 10.2 Å². The third-order valence-corrected chi connectivity index (χ3v) is 2.31. The first-order valence-electron chi connectivity index (χ1n) is 8.91. The van der Waals surface area contributed by atoms with E-state index < -0.39 is 5.60 Å².